The largest absolute Gasteiger partial charge is 0.416 e. The Labute approximate surface area is 209 Å². The van der Waals surface area contributed by atoms with Gasteiger partial charge in [-0.05, 0) is 34.0 Å². The fourth-order valence-electron chi connectivity index (χ4n) is 4.30. The van der Waals surface area contributed by atoms with Crippen molar-refractivity contribution in [1.29, 1.82) is 0 Å². The molecular weight excluding hydrogens is 483 g/mol. The highest BCUT2D eigenvalue weighted by molar-refractivity contribution is 5.90. The molecule has 0 unspecified atom stereocenters. The standard InChI is InChI=1S/C27H22F3N5O2/c28-27(29,30)21-9-3-5-18(13-21)16-34-17-32-25-23(26(34)37)15-33-35(25)12-11-31-24(36)14-20-8-4-7-19-6-1-2-10-22(19)20/h1-10,13,15,17H,11-12,14,16H2,(H,31,36). The number of carbonyl (C=O) groups excluding carboxylic acids is 1. The maximum absolute atomic E-state index is 13.0. The molecule has 10 heteroatoms. The van der Waals surface area contributed by atoms with Crippen LogP contribution in [0.2, 0.25) is 0 Å². The van der Waals surface area contributed by atoms with Gasteiger partial charge in [0.2, 0.25) is 5.91 Å². The molecule has 0 atom stereocenters. The first-order valence-electron chi connectivity index (χ1n) is 11.6. The van der Waals surface area contributed by atoms with E-state index in [2.05, 4.69) is 15.4 Å². The smallest absolute Gasteiger partial charge is 0.354 e. The molecule has 0 saturated heterocycles. The third kappa shape index (κ3) is 5.23. The van der Waals surface area contributed by atoms with E-state index in [1.807, 2.05) is 42.5 Å². The van der Waals surface area contributed by atoms with Gasteiger partial charge in [-0.25, -0.2) is 9.67 Å². The normalized spacial score (nSPS) is 11.8. The van der Waals surface area contributed by atoms with Crippen molar-refractivity contribution < 1.29 is 18.0 Å². The molecule has 5 rings (SSSR count). The average molecular weight is 506 g/mol. The minimum atomic E-state index is -4.46. The monoisotopic (exact) mass is 505 g/mol. The van der Waals surface area contributed by atoms with Crippen LogP contribution < -0.4 is 10.9 Å². The SMILES string of the molecule is O=C(Cc1cccc2ccccc12)NCCn1ncc2c(=O)n(Cc3cccc(C(F)(F)F)c3)cnc21. The molecule has 1 N–H and O–H groups in total. The second kappa shape index (κ2) is 9.88. The number of hydrogen-bond donors (Lipinski definition) is 1. The summed E-state index contributed by atoms with van der Waals surface area (Å²) in [6.45, 7) is 0.533. The van der Waals surface area contributed by atoms with Crippen molar-refractivity contribution in [1.82, 2.24) is 24.6 Å². The predicted octanol–water partition coefficient (Wildman–Crippen LogP) is 4.17. The molecule has 0 aliphatic rings. The van der Waals surface area contributed by atoms with Crippen molar-refractivity contribution >= 4 is 27.7 Å². The van der Waals surface area contributed by atoms with Gasteiger partial charge in [0.1, 0.15) is 11.7 Å². The van der Waals surface area contributed by atoms with Crippen LogP contribution in [0.4, 0.5) is 13.2 Å². The Bertz CT molecular complexity index is 1650. The second-order valence-corrected chi connectivity index (χ2v) is 8.65. The van der Waals surface area contributed by atoms with E-state index in [4.69, 9.17) is 0 Å². The topological polar surface area (TPSA) is 81.8 Å². The molecule has 5 aromatic rings. The third-order valence-electron chi connectivity index (χ3n) is 6.11. The zero-order chi connectivity index (χ0) is 26.0. The highest BCUT2D eigenvalue weighted by atomic mass is 19.4. The number of alkyl halides is 3. The molecule has 0 saturated carbocycles. The van der Waals surface area contributed by atoms with Crippen LogP contribution in [0.25, 0.3) is 21.8 Å². The Morgan fingerprint density at radius 2 is 1.76 bits per heavy atom. The van der Waals surface area contributed by atoms with Gasteiger partial charge in [0.05, 0.1) is 31.3 Å². The van der Waals surface area contributed by atoms with Crippen LogP contribution in [0.1, 0.15) is 16.7 Å². The van der Waals surface area contributed by atoms with Crippen LogP contribution in [0.5, 0.6) is 0 Å². The number of fused-ring (bicyclic) bond motifs is 2. The van der Waals surface area contributed by atoms with Crippen LogP contribution >= 0.6 is 0 Å². The lowest BCUT2D eigenvalue weighted by atomic mass is 10.0. The summed E-state index contributed by atoms with van der Waals surface area (Å²) in [5.41, 5.74) is 0.423. The molecular formula is C27H22F3N5O2. The molecule has 0 spiro atoms. The minimum Gasteiger partial charge on any atom is -0.354 e. The summed E-state index contributed by atoms with van der Waals surface area (Å²) in [7, 11) is 0. The van der Waals surface area contributed by atoms with Crippen molar-refractivity contribution in [2.24, 2.45) is 0 Å². The van der Waals surface area contributed by atoms with Crippen LogP contribution in [0.15, 0.2) is 84.0 Å². The van der Waals surface area contributed by atoms with Crippen molar-refractivity contribution in [3.8, 4) is 0 Å². The van der Waals surface area contributed by atoms with Crippen LogP contribution in [-0.2, 0) is 30.5 Å². The van der Waals surface area contributed by atoms with Gasteiger partial charge in [0.15, 0.2) is 5.65 Å². The number of benzene rings is 3. The van der Waals surface area contributed by atoms with Crippen molar-refractivity contribution in [2.45, 2.75) is 25.7 Å². The molecule has 3 aromatic carbocycles. The summed E-state index contributed by atoms with van der Waals surface area (Å²) in [6.07, 6.45) is -1.55. The van der Waals surface area contributed by atoms with Gasteiger partial charge in [-0.1, -0.05) is 54.6 Å². The van der Waals surface area contributed by atoms with Crippen LogP contribution in [0, 0.1) is 0 Å². The Morgan fingerprint density at radius 1 is 0.973 bits per heavy atom. The van der Waals surface area contributed by atoms with Gasteiger partial charge in [-0.3, -0.25) is 14.2 Å². The van der Waals surface area contributed by atoms with Crippen molar-refractivity contribution in [3.05, 3.63) is 106 Å². The molecule has 37 heavy (non-hydrogen) atoms. The van der Waals surface area contributed by atoms with E-state index in [-0.39, 0.29) is 30.8 Å². The number of amides is 1. The molecule has 0 bridgehead atoms. The lowest BCUT2D eigenvalue weighted by molar-refractivity contribution is -0.137. The Morgan fingerprint density at radius 3 is 2.59 bits per heavy atom. The average Bonchev–Trinajstić information content (AvgIpc) is 3.29. The van der Waals surface area contributed by atoms with Crippen molar-refractivity contribution in [2.75, 3.05) is 6.54 Å². The van der Waals surface area contributed by atoms with Gasteiger partial charge in [0.25, 0.3) is 5.56 Å². The van der Waals surface area contributed by atoms with Crippen LogP contribution in [-0.4, -0.2) is 31.8 Å². The molecule has 0 radical (unpaired) electrons. The van der Waals surface area contributed by atoms with E-state index in [9.17, 15) is 22.8 Å². The fraction of sp³-hybridized carbons (Fsp3) is 0.185. The number of rotatable bonds is 7. The molecule has 7 nitrogen and oxygen atoms in total. The number of hydrogen-bond acceptors (Lipinski definition) is 4. The van der Waals surface area contributed by atoms with E-state index in [1.54, 1.807) is 0 Å². The highest BCUT2D eigenvalue weighted by Crippen LogP contribution is 2.29. The number of halogens is 3. The highest BCUT2D eigenvalue weighted by Gasteiger charge is 2.30. The lowest BCUT2D eigenvalue weighted by Gasteiger charge is -2.10. The molecule has 188 valence electrons. The Kier molecular flexibility index (Phi) is 6.47. The summed E-state index contributed by atoms with van der Waals surface area (Å²) in [6, 6.07) is 18.6. The second-order valence-electron chi connectivity index (χ2n) is 8.65. The molecule has 0 fully saturated rings. The maximum atomic E-state index is 13.0. The molecule has 0 aliphatic carbocycles. The van der Waals surface area contributed by atoms with E-state index in [0.29, 0.717) is 17.8 Å². The summed E-state index contributed by atoms with van der Waals surface area (Å²) in [5.74, 6) is -0.135. The number of nitrogens with one attached hydrogen (secondary N) is 1. The first-order valence-corrected chi connectivity index (χ1v) is 11.6. The number of nitrogens with zero attached hydrogens (tertiary/aromatic N) is 4. The summed E-state index contributed by atoms with van der Waals surface area (Å²) < 4.78 is 41.8. The minimum absolute atomic E-state index is 0.0545. The van der Waals surface area contributed by atoms with E-state index in [1.165, 1.54) is 33.9 Å². The molecule has 2 heterocycles. The lowest BCUT2D eigenvalue weighted by Crippen LogP contribution is -2.29. The summed E-state index contributed by atoms with van der Waals surface area (Å²) in [4.78, 5) is 29.7. The van der Waals surface area contributed by atoms with Crippen LogP contribution in [0.3, 0.4) is 0 Å². The van der Waals surface area contributed by atoms with E-state index >= 15 is 0 Å². The number of aromatic nitrogens is 4. The number of carbonyl (C=O) groups is 1. The summed E-state index contributed by atoms with van der Waals surface area (Å²) in [5, 5.41) is 9.43. The van der Waals surface area contributed by atoms with Gasteiger partial charge < -0.3 is 5.32 Å². The molecule has 2 aromatic heterocycles. The molecule has 1 amide bonds. The molecule has 0 aliphatic heterocycles. The van der Waals surface area contributed by atoms with Gasteiger partial charge in [0, 0.05) is 6.54 Å². The zero-order valence-electron chi connectivity index (χ0n) is 19.6. The zero-order valence-corrected chi connectivity index (χ0v) is 19.6. The van der Waals surface area contributed by atoms with Gasteiger partial charge in [-0.2, -0.15) is 18.3 Å². The quantitative estimate of drug-likeness (QED) is 0.360. The van der Waals surface area contributed by atoms with Gasteiger partial charge >= 0.3 is 6.18 Å². The Balaban J connectivity index is 1.24. The van der Waals surface area contributed by atoms with E-state index in [0.717, 1.165) is 28.5 Å². The van der Waals surface area contributed by atoms with Crippen molar-refractivity contribution in [3.63, 3.8) is 0 Å². The van der Waals surface area contributed by atoms with E-state index < -0.39 is 17.3 Å². The first-order chi connectivity index (χ1) is 17.8. The first kappa shape index (κ1) is 24.2. The Hall–Kier alpha value is -4.47. The third-order valence-corrected chi connectivity index (χ3v) is 6.11. The van der Waals surface area contributed by atoms with Gasteiger partial charge in [-0.15, -0.1) is 0 Å². The predicted molar refractivity (Wildman–Crippen MR) is 133 cm³/mol. The maximum Gasteiger partial charge on any atom is 0.416 e. The summed E-state index contributed by atoms with van der Waals surface area (Å²) >= 11 is 0. The fourth-order valence-corrected chi connectivity index (χ4v) is 4.30.